The first-order valence-electron chi connectivity index (χ1n) is 4.22. The molecule has 0 saturated heterocycles. The number of amides is 2. The van der Waals surface area contributed by atoms with Crippen LogP contribution in [0.3, 0.4) is 0 Å². The highest BCUT2D eigenvalue weighted by molar-refractivity contribution is 8.04. The number of urea groups is 1. The third-order valence-corrected chi connectivity index (χ3v) is 3.29. The standard InChI is InChI=1S/C9H8N2O2S/c1-5-2-3-14-8(5)7(12)6-4-10-9(13)11-6/h4H,2-3H2,1H3. The predicted molar refractivity (Wildman–Crippen MR) is 56.1 cm³/mol. The largest absolute Gasteiger partial charge is 0.367 e. The molecule has 0 aromatic heterocycles. The Bertz CT molecular complexity index is 403. The number of hydrogen-bond acceptors (Lipinski definition) is 3. The lowest BCUT2D eigenvalue weighted by atomic mass is 10.1. The van der Waals surface area contributed by atoms with Gasteiger partial charge < -0.3 is 0 Å². The number of hydrogen-bond donors (Lipinski definition) is 0. The topological polar surface area (TPSA) is 58.9 Å². The maximum absolute atomic E-state index is 11.8. The van der Waals surface area contributed by atoms with Crippen LogP contribution in [0.5, 0.6) is 0 Å². The summed E-state index contributed by atoms with van der Waals surface area (Å²) in [5, 5.41) is 0. The van der Waals surface area contributed by atoms with Crippen LogP contribution in [-0.2, 0) is 4.79 Å². The van der Waals surface area contributed by atoms with E-state index in [1.54, 1.807) is 0 Å². The minimum absolute atomic E-state index is 0.166. The maximum atomic E-state index is 11.8. The number of allylic oxidation sites excluding steroid dienone is 2. The number of carbonyl (C=O) groups is 2. The Hall–Kier alpha value is -1.23. The molecular formula is C9H8N2O2S. The van der Waals surface area contributed by atoms with Crippen molar-refractivity contribution >= 4 is 35.5 Å². The highest BCUT2D eigenvalue weighted by Crippen LogP contribution is 2.31. The van der Waals surface area contributed by atoms with Crippen LogP contribution in [0.1, 0.15) is 13.3 Å². The Labute approximate surface area is 85.2 Å². The van der Waals surface area contributed by atoms with Crippen molar-refractivity contribution in [3.63, 3.8) is 0 Å². The Morgan fingerprint density at radius 1 is 1.57 bits per heavy atom. The van der Waals surface area contributed by atoms with Gasteiger partial charge in [-0.25, -0.2) is 4.79 Å². The van der Waals surface area contributed by atoms with Gasteiger partial charge in [-0.05, 0) is 13.3 Å². The van der Waals surface area contributed by atoms with Gasteiger partial charge in [0, 0.05) is 5.75 Å². The number of nitrogens with zero attached hydrogens (tertiary/aromatic N) is 2. The fourth-order valence-electron chi connectivity index (χ4n) is 1.31. The van der Waals surface area contributed by atoms with E-state index in [0.29, 0.717) is 0 Å². The molecule has 14 heavy (non-hydrogen) atoms. The van der Waals surface area contributed by atoms with E-state index in [2.05, 4.69) is 9.98 Å². The Balaban J connectivity index is 2.25. The fourth-order valence-corrected chi connectivity index (χ4v) is 2.50. The number of ketones is 1. The Kier molecular flexibility index (Phi) is 2.33. The third-order valence-electron chi connectivity index (χ3n) is 2.06. The highest BCUT2D eigenvalue weighted by Gasteiger charge is 2.24. The molecule has 0 bridgehead atoms. The van der Waals surface area contributed by atoms with Crippen LogP contribution in [0.25, 0.3) is 0 Å². The minimum Gasteiger partial charge on any atom is -0.286 e. The van der Waals surface area contributed by atoms with Gasteiger partial charge in [0.25, 0.3) is 0 Å². The second kappa shape index (κ2) is 3.49. The molecule has 0 N–H and O–H groups in total. The number of aliphatic imine (C=N–C) groups is 2. The number of rotatable bonds is 2. The molecule has 0 atom stereocenters. The van der Waals surface area contributed by atoms with Crippen LogP contribution in [0.4, 0.5) is 4.79 Å². The smallest absolute Gasteiger partial charge is 0.286 e. The summed E-state index contributed by atoms with van der Waals surface area (Å²) < 4.78 is 0. The molecule has 0 spiro atoms. The van der Waals surface area contributed by atoms with Crippen molar-refractivity contribution in [2.75, 3.05) is 5.75 Å². The zero-order chi connectivity index (χ0) is 10.1. The first kappa shape index (κ1) is 9.33. The predicted octanol–water partition coefficient (Wildman–Crippen LogP) is 1.61. The molecule has 4 nitrogen and oxygen atoms in total. The summed E-state index contributed by atoms with van der Waals surface area (Å²) in [4.78, 5) is 30.1. The quantitative estimate of drug-likeness (QED) is 0.692. The highest BCUT2D eigenvalue weighted by atomic mass is 32.2. The monoisotopic (exact) mass is 208 g/mol. The van der Waals surface area contributed by atoms with Crippen LogP contribution < -0.4 is 0 Å². The number of thioether (sulfide) groups is 1. The fraction of sp³-hybridized carbons (Fsp3) is 0.333. The van der Waals surface area contributed by atoms with Crippen molar-refractivity contribution in [1.82, 2.24) is 0 Å². The van der Waals surface area contributed by atoms with Gasteiger partial charge in [-0.15, -0.1) is 11.8 Å². The Morgan fingerprint density at radius 2 is 2.36 bits per heavy atom. The molecule has 2 rings (SSSR count). The van der Waals surface area contributed by atoms with Gasteiger partial charge in [0.05, 0.1) is 11.1 Å². The average molecular weight is 208 g/mol. The zero-order valence-electron chi connectivity index (χ0n) is 7.61. The Morgan fingerprint density at radius 3 is 2.86 bits per heavy atom. The second-order valence-corrected chi connectivity index (χ2v) is 4.18. The summed E-state index contributed by atoms with van der Waals surface area (Å²) in [5.74, 6) is 0.769. The van der Waals surface area contributed by atoms with Gasteiger partial charge in [-0.2, -0.15) is 9.98 Å². The summed E-state index contributed by atoms with van der Waals surface area (Å²) in [7, 11) is 0. The van der Waals surface area contributed by atoms with Crippen molar-refractivity contribution < 1.29 is 9.59 Å². The van der Waals surface area contributed by atoms with E-state index in [0.717, 1.165) is 22.7 Å². The van der Waals surface area contributed by atoms with E-state index in [1.165, 1.54) is 18.0 Å². The van der Waals surface area contributed by atoms with Gasteiger partial charge in [-0.3, -0.25) is 4.79 Å². The lowest BCUT2D eigenvalue weighted by molar-refractivity contribution is -0.109. The lowest BCUT2D eigenvalue weighted by Gasteiger charge is -1.98. The van der Waals surface area contributed by atoms with Crippen LogP contribution >= 0.6 is 11.8 Å². The van der Waals surface area contributed by atoms with Gasteiger partial charge in [0.2, 0.25) is 5.78 Å². The molecule has 5 heteroatoms. The van der Waals surface area contributed by atoms with Crippen LogP contribution in [0.15, 0.2) is 20.5 Å². The average Bonchev–Trinajstić information content (AvgIpc) is 2.73. The molecular weight excluding hydrogens is 200 g/mol. The van der Waals surface area contributed by atoms with Crippen LogP contribution in [0.2, 0.25) is 0 Å². The number of carbonyl (C=O) groups excluding carboxylic acids is 2. The molecule has 2 aliphatic heterocycles. The molecule has 72 valence electrons. The SMILES string of the molecule is CC1=C(C(=O)C2=NC(=O)N=C2)SCC1. The van der Waals surface area contributed by atoms with Crippen molar-refractivity contribution in [3.8, 4) is 0 Å². The minimum atomic E-state index is -0.588. The summed E-state index contributed by atoms with van der Waals surface area (Å²) in [5.41, 5.74) is 1.24. The molecule has 0 aromatic carbocycles. The molecule has 0 fully saturated rings. The van der Waals surface area contributed by atoms with E-state index in [4.69, 9.17) is 0 Å². The molecule has 0 saturated carbocycles. The molecule has 2 heterocycles. The van der Waals surface area contributed by atoms with Crippen molar-refractivity contribution in [3.05, 3.63) is 10.5 Å². The number of Topliss-reactive ketones (excluding diaryl/α,β-unsaturated/α-hetero) is 1. The van der Waals surface area contributed by atoms with Crippen molar-refractivity contribution in [1.29, 1.82) is 0 Å². The van der Waals surface area contributed by atoms with Crippen LogP contribution in [0, 0.1) is 0 Å². The molecule has 0 aliphatic carbocycles. The summed E-state index contributed by atoms with van der Waals surface area (Å²) in [6.45, 7) is 1.93. The van der Waals surface area contributed by atoms with E-state index in [9.17, 15) is 9.59 Å². The maximum Gasteiger partial charge on any atom is 0.367 e. The van der Waals surface area contributed by atoms with Crippen molar-refractivity contribution in [2.24, 2.45) is 9.98 Å². The van der Waals surface area contributed by atoms with Crippen LogP contribution in [-0.4, -0.2) is 29.5 Å². The van der Waals surface area contributed by atoms with Gasteiger partial charge in [0.15, 0.2) is 0 Å². The zero-order valence-corrected chi connectivity index (χ0v) is 8.43. The van der Waals surface area contributed by atoms with E-state index >= 15 is 0 Å². The second-order valence-electron chi connectivity index (χ2n) is 3.07. The summed E-state index contributed by atoms with van der Waals surface area (Å²) in [6, 6.07) is -0.588. The molecule has 2 amide bonds. The van der Waals surface area contributed by atoms with Gasteiger partial charge in [0.1, 0.15) is 5.71 Å². The van der Waals surface area contributed by atoms with E-state index in [-0.39, 0.29) is 11.5 Å². The normalized spacial score (nSPS) is 20.6. The molecule has 0 unspecified atom stereocenters. The van der Waals surface area contributed by atoms with E-state index < -0.39 is 6.03 Å². The van der Waals surface area contributed by atoms with E-state index in [1.807, 2.05) is 6.92 Å². The molecule has 0 aromatic rings. The van der Waals surface area contributed by atoms with Gasteiger partial charge >= 0.3 is 6.03 Å². The lowest BCUT2D eigenvalue weighted by Crippen LogP contribution is -2.14. The summed E-state index contributed by atoms with van der Waals surface area (Å²) >= 11 is 1.52. The first-order valence-corrected chi connectivity index (χ1v) is 5.21. The van der Waals surface area contributed by atoms with Gasteiger partial charge in [-0.1, -0.05) is 5.57 Å². The van der Waals surface area contributed by atoms with Crippen molar-refractivity contribution in [2.45, 2.75) is 13.3 Å². The summed E-state index contributed by atoms with van der Waals surface area (Å²) in [6.07, 6.45) is 2.17. The first-order chi connectivity index (χ1) is 6.68. The molecule has 2 aliphatic rings. The molecule has 0 radical (unpaired) electrons. The third kappa shape index (κ3) is 1.55.